The van der Waals surface area contributed by atoms with E-state index >= 15 is 0 Å². The van der Waals surface area contributed by atoms with Crippen molar-refractivity contribution in [1.29, 1.82) is 5.26 Å². The second-order valence-corrected chi connectivity index (χ2v) is 6.55. The van der Waals surface area contributed by atoms with Crippen molar-refractivity contribution < 1.29 is 9.90 Å². The SMILES string of the molecule is CCC1N(c2ccc(C#N)c(Cl)c2)C(=O)C(C)(C)[C@]1(C)O. The van der Waals surface area contributed by atoms with Crippen LogP contribution < -0.4 is 4.90 Å². The minimum Gasteiger partial charge on any atom is -0.387 e. The number of carbonyl (C=O) groups is 1. The van der Waals surface area contributed by atoms with E-state index in [4.69, 9.17) is 16.9 Å². The summed E-state index contributed by atoms with van der Waals surface area (Å²) in [5.74, 6) is -0.139. The van der Waals surface area contributed by atoms with Gasteiger partial charge in [0.2, 0.25) is 5.91 Å². The molecule has 1 fully saturated rings. The van der Waals surface area contributed by atoms with Crippen LogP contribution in [-0.2, 0) is 4.79 Å². The number of hydrogen-bond acceptors (Lipinski definition) is 3. The van der Waals surface area contributed by atoms with Gasteiger partial charge in [0.1, 0.15) is 6.07 Å². The van der Waals surface area contributed by atoms with Crippen molar-refractivity contribution in [3.05, 3.63) is 28.8 Å². The zero-order valence-corrected chi connectivity index (χ0v) is 13.4. The number of anilines is 1. The second-order valence-electron chi connectivity index (χ2n) is 6.15. The standard InChI is InChI=1S/C16H19ClN2O2/c1-5-13-16(4,21)15(2,3)14(20)19(13)11-7-6-10(9-18)12(17)8-11/h6-8,13,21H,5H2,1-4H3/t13?,16-/m1/s1. The number of nitrogens with zero attached hydrogens (tertiary/aromatic N) is 2. The first-order valence-corrected chi connectivity index (χ1v) is 7.32. The van der Waals surface area contributed by atoms with Gasteiger partial charge in [-0.15, -0.1) is 0 Å². The van der Waals surface area contributed by atoms with Crippen LogP contribution in [0.4, 0.5) is 5.69 Å². The Morgan fingerprint density at radius 1 is 1.43 bits per heavy atom. The first-order valence-electron chi connectivity index (χ1n) is 6.94. The van der Waals surface area contributed by atoms with E-state index in [1.807, 2.05) is 13.0 Å². The molecule has 0 bridgehead atoms. The molecule has 5 heteroatoms. The molecule has 1 aliphatic heterocycles. The van der Waals surface area contributed by atoms with E-state index < -0.39 is 11.0 Å². The minimum absolute atomic E-state index is 0.139. The van der Waals surface area contributed by atoms with Gasteiger partial charge in [-0.2, -0.15) is 5.26 Å². The van der Waals surface area contributed by atoms with Crippen LogP contribution in [0, 0.1) is 16.7 Å². The molecule has 112 valence electrons. The Hall–Kier alpha value is -1.57. The Balaban J connectivity index is 2.55. The lowest BCUT2D eigenvalue weighted by Gasteiger charge is -2.34. The van der Waals surface area contributed by atoms with Gasteiger partial charge >= 0.3 is 0 Å². The monoisotopic (exact) mass is 306 g/mol. The van der Waals surface area contributed by atoms with Gasteiger partial charge in [-0.25, -0.2) is 0 Å². The van der Waals surface area contributed by atoms with Gasteiger partial charge in [0.15, 0.2) is 0 Å². The number of hydrogen-bond donors (Lipinski definition) is 1. The molecule has 2 rings (SSSR count). The summed E-state index contributed by atoms with van der Waals surface area (Å²) >= 11 is 6.07. The number of halogens is 1. The van der Waals surface area contributed by atoms with Crippen molar-refractivity contribution >= 4 is 23.2 Å². The molecule has 2 atom stereocenters. The maximum absolute atomic E-state index is 12.7. The van der Waals surface area contributed by atoms with Gasteiger partial charge in [0.05, 0.1) is 27.6 Å². The molecule has 1 saturated heterocycles. The van der Waals surface area contributed by atoms with E-state index in [0.717, 1.165) is 0 Å². The normalized spacial score (nSPS) is 27.8. The maximum Gasteiger partial charge on any atom is 0.235 e. The lowest BCUT2D eigenvalue weighted by Crippen LogP contribution is -2.47. The molecular formula is C16H19ClN2O2. The minimum atomic E-state index is -1.14. The molecule has 0 aromatic heterocycles. The summed E-state index contributed by atoms with van der Waals surface area (Å²) in [6.07, 6.45) is 0.625. The molecule has 21 heavy (non-hydrogen) atoms. The van der Waals surface area contributed by atoms with Crippen molar-refractivity contribution in [2.45, 2.75) is 45.8 Å². The molecule has 1 aliphatic rings. The predicted molar refractivity (Wildman–Crippen MR) is 82.1 cm³/mol. The van der Waals surface area contributed by atoms with Crippen LogP contribution in [0.3, 0.4) is 0 Å². The largest absolute Gasteiger partial charge is 0.387 e. The van der Waals surface area contributed by atoms with Gasteiger partial charge < -0.3 is 10.0 Å². The summed E-state index contributed by atoms with van der Waals surface area (Å²) in [5, 5.41) is 20.0. The van der Waals surface area contributed by atoms with Crippen LogP contribution >= 0.6 is 11.6 Å². The van der Waals surface area contributed by atoms with E-state index in [0.29, 0.717) is 22.7 Å². The highest BCUT2D eigenvalue weighted by Crippen LogP contribution is 2.47. The highest BCUT2D eigenvalue weighted by Gasteiger charge is 2.60. The van der Waals surface area contributed by atoms with Gasteiger partial charge in [0, 0.05) is 5.69 Å². The van der Waals surface area contributed by atoms with Crippen molar-refractivity contribution in [3.63, 3.8) is 0 Å². The summed E-state index contributed by atoms with van der Waals surface area (Å²) < 4.78 is 0. The summed E-state index contributed by atoms with van der Waals surface area (Å²) in [6.45, 7) is 7.14. The molecule has 1 amide bonds. The number of benzene rings is 1. The third-order valence-electron chi connectivity index (χ3n) is 4.72. The molecule has 1 N–H and O–H groups in total. The smallest absolute Gasteiger partial charge is 0.235 e. The second kappa shape index (κ2) is 5.01. The average Bonchev–Trinajstić information content (AvgIpc) is 2.55. The first-order chi connectivity index (χ1) is 9.68. The molecule has 1 aromatic carbocycles. The van der Waals surface area contributed by atoms with E-state index in [1.54, 1.807) is 43.9 Å². The molecule has 1 unspecified atom stereocenters. The van der Waals surface area contributed by atoms with Gasteiger partial charge in [0.25, 0.3) is 0 Å². The van der Waals surface area contributed by atoms with Crippen LogP contribution in [-0.4, -0.2) is 22.7 Å². The molecule has 0 radical (unpaired) electrons. The van der Waals surface area contributed by atoms with Gasteiger partial charge in [-0.1, -0.05) is 18.5 Å². The number of amides is 1. The molecule has 0 spiro atoms. The van der Waals surface area contributed by atoms with Crippen molar-refractivity contribution in [2.24, 2.45) is 5.41 Å². The van der Waals surface area contributed by atoms with E-state index in [1.165, 1.54) is 0 Å². The van der Waals surface area contributed by atoms with E-state index in [9.17, 15) is 9.90 Å². The Bertz CT molecular complexity index is 632. The molecule has 1 aromatic rings. The van der Waals surface area contributed by atoms with Crippen molar-refractivity contribution in [1.82, 2.24) is 0 Å². The number of nitriles is 1. The fourth-order valence-corrected chi connectivity index (χ4v) is 3.17. The quantitative estimate of drug-likeness (QED) is 0.913. The fraction of sp³-hybridized carbons (Fsp3) is 0.500. The van der Waals surface area contributed by atoms with Crippen LogP contribution in [0.15, 0.2) is 18.2 Å². The van der Waals surface area contributed by atoms with Crippen molar-refractivity contribution in [2.75, 3.05) is 4.90 Å². The van der Waals surface area contributed by atoms with E-state index in [2.05, 4.69) is 0 Å². The highest BCUT2D eigenvalue weighted by atomic mass is 35.5. The maximum atomic E-state index is 12.7. The predicted octanol–water partition coefficient (Wildman–Crippen LogP) is 3.11. The number of carbonyl (C=O) groups excluding carboxylic acids is 1. The summed E-state index contributed by atoms with van der Waals surface area (Å²) in [5.41, 5.74) is -1.04. The number of rotatable bonds is 2. The molecule has 0 saturated carbocycles. The summed E-state index contributed by atoms with van der Waals surface area (Å²) in [4.78, 5) is 14.3. The Labute approximate surface area is 129 Å². The zero-order valence-electron chi connectivity index (χ0n) is 12.6. The van der Waals surface area contributed by atoms with Gasteiger partial charge in [-0.05, 0) is 45.4 Å². The van der Waals surface area contributed by atoms with Crippen LogP contribution in [0.5, 0.6) is 0 Å². The van der Waals surface area contributed by atoms with Crippen molar-refractivity contribution in [3.8, 4) is 6.07 Å². The zero-order chi connectivity index (χ0) is 16.0. The lowest BCUT2D eigenvalue weighted by molar-refractivity contribution is -0.131. The topological polar surface area (TPSA) is 64.3 Å². The lowest BCUT2D eigenvalue weighted by atomic mass is 9.75. The highest BCUT2D eigenvalue weighted by molar-refractivity contribution is 6.32. The Morgan fingerprint density at radius 3 is 2.52 bits per heavy atom. The Morgan fingerprint density at radius 2 is 2.05 bits per heavy atom. The number of aliphatic hydroxyl groups is 1. The fourth-order valence-electron chi connectivity index (χ4n) is 2.95. The molecule has 0 aliphatic carbocycles. The van der Waals surface area contributed by atoms with E-state index in [-0.39, 0.29) is 11.9 Å². The molecule has 4 nitrogen and oxygen atoms in total. The Kier molecular flexibility index (Phi) is 3.77. The summed E-state index contributed by atoms with van der Waals surface area (Å²) in [7, 11) is 0. The van der Waals surface area contributed by atoms with Crippen LogP contribution in [0.2, 0.25) is 5.02 Å². The molecule has 1 heterocycles. The average molecular weight is 307 g/mol. The van der Waals surface area contributed by atoms with Crippen LogP contribution in [0.1, 0.15) is 39.7 Å². The van der Waals surface area contributed by atoms with Gasteiger partial charge in [-0.3, -0.25) is 4.79 Å². The molecular weight excluding hydrogens is 288 g/mol. The van der Waals surface area contributed by atoms with Crippen LogP contribution in [0.25, 0.3) is 0 Å². The first kappa shape index (κ1) is 15.8. The summed E-state index contributed by atoms with van der Waals surface area (Å²) in [6, 6.07) is 6.57. The third kappa shape index (κ3) is 2.12. The third-order valence-corrected chi connectivity index (χ3v) is 5.03.